The SMILES string of the molecule is Cn1nc(Cc2ccc(Cl)c(Cl)c2)c(C(=O)NC(C)(C)c2ccc(C(=O)O)cc2F)c1C(F)(F)F. The predicted molar refractivity (Wildman–Crippen MR) is 121 cm³/mol. The molecule has 0 radical (unpaired) electrons. The number of hydrogen-bond donors (Lipinski definition) is 2. The number of aromatic carboxylic acids is 1. The number of aryl methyl sites for hydroxylation is 1. The minimum Gasteiger partial charge on any atom is -0.478 e. The normalized spacial score (nSPS) is 12.0. The van der Waals surface area contributed by atoms with E-state index in [9.17, 15) is 27.2 Å². The van der Waals surface area contributed by atoms with Crippen LogP contribution in [0.15, 0.2) is 36.4 Å². The Morgan fingerprint density at radius 2 is 1.74 bits per heavy atom. The van der Waals surface area contributed by atoms with Gasteiger partial charge in [0.25, 0.3) is 5.91 Å². The number of carboxylic acids is 1. The lowest BCUT2D eigenvalue weighted by atomic mass is 9.92. The third kappa shape index (κ3) is 5.59. The summed E-state index contributed by atoms with van der Waals surface area (Å²) in [5, 5.41) is 15.8. The zero-order chi connectivity index (χ0) is 26.3. The quantitative estimate of drug-likeness (QED) is 0.391. The Hall–Kier alpha value is -3.11. The first-order valence-electron chi connectivity index (χ1n) is 10.0. The highest BCUT2D eigenvalue weighted by molar-refractivity contribution is 6.42. The molecule has 0 spiro atoms. The van der Waals surface area contributed by atoms with Crippen LogP contribution in [0.25, 0.3) is 0 Å². The summed E-state index contributed by atoms with van der Waals surface area (Å²) >= 11 is 11.9. The topological polar surface area (TPSA) is 84.2 Å². The van der Waals surface area contributed by atoms with Gasteiger partial charge in [-0.3, -0.25) is 9.48 Å². The highest BCUT2D eigenvalue weighted by Crippen LogP contribution is 2.35. The van der Waals surface area contributed by atoms with Gasteiger partial charge in [0, 0.05) is 19.0 Å². The molecule has 0 bridgehead atoms. The fourth-order valence-electron chi connectivity index (χ4n) is 3.68. The van der Waals surface area contributed by atoms with Crippen LogP contribution in [0, 0.1) is 5.82 Å². The van der Waals surface area contributed by atoms with Crippen molar-refractivity contribution in [2.24, 2.45) is 7.05 Å². The number of carbonyl (C=O) groups excluding carboxylic acids is 1. The summed E-state index contributed by atoms with van der Waals surface area (Å²) in [6.45, 7) is 2.76. The van der Waals surface area contributed by atoms with Crippen LogP contribution in [0.2, 0.25) is 10.0 Å². The summed E-state index contributed by atoms with van der Waals surface area (Å²) in [6, 6.07) is 7.53. The second-order valence-corrected chi connectivity index (χ2v) is 9.11. The molecule has 0 saturated carbocycles. The van der Waals surface area contributed by atoms with Gasteiger partial charge in [-0.15, -0.1) is 0 Å². The van der Waals surface area contributed by atoms with Crippen molar-refractivity contribution in [1.29, 1.82) is 0 Å². The van der Waals surface area contributed by atoms with E-state index in [0.29, 0.717) is 10.2 Å². The largest absolute Gasteiger partial charge is 0.478 e. The number of hydrogen-bond acceptors (Lipinski definition) is 3. The predicted octanol–water partition coefficient (Wildman–Crippen LogP) is 5.84. The van der Waals surface area contributed by atoms with Crippen molar-refractivity contribution in [3.8, 4) is 0 Å². The van der Waals surface area contributed by atoms with Crippen molar-refractivity contribution in [1.82, 2.24) is 15.1 Å². The average molecular weight is 532 g/mol. The van der Waals surface area contributed by atoms with Gasteiger partial charge in [0.1, 0.15) is 5.82 Å². The van der Waals surface area contributed by atoms with Gasteiger partial charge in [-0.2, -0.15) is 18.3 Å². The van der Waals surface area contributed by atoms with E-state index in [2.05, 4.69) is 10.4 Å². The lowest BCUT2D eigenvalue weighted by Gasteiger charge is -2.28. The molecule has 1 heterocycles. The molecular weight excluding hydrogens is 513 g/mol. The van der Waals surface area contributed by atoms with E-state index < -0.39 is 40.7 Å². The molecule has 2 N–H and O–H groups in total. The van der Waals surface area contributed by atoms with E-state index in [1.54, 1.807) is 6.07 Å². The Kier molecular flexibility index (Phi) is 7.19. The number of amides is 1. The van der Waals surface area contributed by atoms with Gasteiger partial charge in [-0.05, 0) is 43.7 Å². The Morgan fingerprint density at radius 3 is 2.29 bits per heavy atom. The molecule has 3 aromatic rings. The minimum atomic E-state index is -4.91. The lowest BCUT2D eigenvalue weighted by molar-refractivity contribution is -0.144. The second-order valence-electron chi connectivity index (χ2n) is 8.30. The van der Waals surface area contributed by atoms with Gasteiger partial charge in [-0.1, -0.05) is 35.3 Å². The minimum absolute atomic E-state index is 0.112. The third-order valence-electron chi connectivity index (χ3n) is 5.29. The van der Waals surface area contributed by atoms with E-state index in [0.717, 1.165) is 25.2 Å². The van der Waals surface area contributed by atoms with E-state index in [4.69, 9.17) is 28.3 Å². The van der Waals surface area contributed by atoms with Crippen molar-refractivity contribution in [3.63, 3.8) is 0 Å². The molecule has 0 atom stereocenters. The fourth-order valence-corrected chi connectivity index (χ4v) is 4.00. The van der Waals surface area contributed by atoms with E-state index >= 15 is 0 Å². The molecule has 12 heteroatoms. The Labute approximate surface area is 207 Å². The zero-order valence-corrected chi connectivity index (χ0v) is 20.1. The molecule has 0 aliphatic heterocycles. The number of rotatable bonds is 6. The second kappa shape index (κ2) is 9.50. The Morgan fingerprint density at radius 1 is 1.09 bits per heavy atom. The van der Waals surface area contributed by atoms with Gasteiger partial charge >= 0.3 is 12.1 Å². The van der Waals surface area contributed by atoms with Crippen LogP contribution in [0.4, 0.5) is 17.6 Å². The highest BCUT2D eigenvalue weighted by atomic mass is 35.5. The number of carbonyl (C=O) groups is 2. The monoisotopic (exact) mass is 531 g/mol. The first-order chi connectivity index (χ1) is 16.1. The molecule has 6 nitrogen and oxygen atoms in total. The fraction of sp³-hybridized carbons (Fsp3) is 0.261. The van der Waals surface area contributed by atoms with Gasteiger partial charge in [0.15, 0.2) is 5.69 Å². The summed E-state index contributed by atoms with van der Waals surface area (Å²) in [4.78, 5) is 24.3. The Balaban J connectivity index is 2.04. The summed E-state index contributed by atoms with van der Waals surface area (Å²) in [6.07, 6.45) is -5.07. The van der Waals surface area contributed by atoms with Crippen LogP contribution in [-0.4, -0.2) is 26.8 Å². The molecule has 2 aromatic carbocycles. The molecule has 35 heavy (non-hydrogen) atoms. The molecule has 0 fully saturated rings. The number of nitrogens with zero attached hydrogens (tertiary/aromatic N) is 2. The summed E-state index contributed by atoms with van der Waals surface area (Å²) in [5.74, 6) is -3.42. The van der Waals surface area contributed by atoms with E-state index in [1.807, 2.05) is 0 Å². The highest BCUT2D eigenvalue weighted by Gasteiger charge is 2.42. The first kappa shape index (κ1) is 26.5. The van der Waals surface area contributed by atoms with Crippen LogP contribution in [0.3, 0.4) is 0 Å². The molecule has 1 amide bonds. The van der Waals surface area contributed by atoms with Crippen molar-refractivity contribution in [2.45, 2.75) is 32.0 Å². The molecule has 0 unspecified atom stereocenters. The third-order valence-corrected chi connectivity index (χ3v) is 6.03. The Bertz CT molecular complexity index is 1320. The molecule has 0 saturated heterocycles. The van der Waals surface area contributed by atoms with Crippen molar-refractivity contribution in [3.05, 3.63) is 85.9 Å². The maximum atomic E-state index is 14.6. The number of halogens is 6. The van der Waals surface area contributed by atoms with Crippen LogP contribution >= 0.6 is 23.2 Å². The molecule has 186 valence electrons. The molecular formula is C23H19Cl2F4N3O3. The molecule has 0 aliphatic carbocycles. The summed E-state index contributed by atoms with van der Waals surface area (Å²) < 4.78 is 56.9. The van der Waals surface area contributed by atoms with E-state index in [-0.39, 0.29) is 33.3 Å². The van der Waals surface area contributed by atoms with Crippen LogP contribution < -0.4 is 5.32 Å². The van der Waals surface area contributed by atoms with E-state index in [1.165, 1.54) is 26.0 Å². The number of benzene rings is 2. The molecule has 0 aliphatic rings. The van der Waals surface area contributed by atoms with Crippen LogP contribution in [-0.2, 0) is 25.2 Å². The molecule has 1 aromatic heterocycles. The zero-order valence-electron chi connectivity index (χ0n) is 18.6. The lowest BCUT2D eigenvalue weighted by Crippen LogP contribution is -2.42. The number of carboxylic acid groups (broad SMARTS) is 1. The summed E-state index contributed by atoms with van der Waals surface area (Å²) in [5.41, 5.74) is -3.63. The van der Waals surface area contributed by atoms with Crippen molar-refractivity contribution in [2.75, 3.05) is 0 Å². The van der Waals surface area contributed by atoms with Gasteiger partial charge in [0.05, 0.1) is 32.4 Å². The van der Waals surface area contributed by atoms with Crippen LogP contribution in [0.1, 0.15) is 57.1 Å². The van der Waals surface area contributed by atoms with Gasteiger partial charge in [-0.25, -0.2) is 9.18 Å². The van der Waals surface area contributed by atoms with Gasteiger partial charge in [0.2, 0.25) is 0 Å². The maximum absolute atomic E-state index is 14.6. The maximum Gasteiger partial charge on any atom is 0.433 e. The number of nitrogens with one attached hydrogen (secondary N) is 1. The average Bonchev–Trinajstić information content (AvgIpc) is 3.06. The number of aromatic nitrogens is 2. The molecule has 3 rings (SSSR count). The van der Waals surface area contributed by atoms with Crippen LogP contribution in [0.5, 0.6) is 0 Å². The van der Waals surface area contributed by atoms with Crippen molar-refractivity contribution >= 4 is 35.1 Å². The number of alkyl halides is 3. The first-order valence-corrected chi connectivity index (χ1v) is 10.8. The standard InChI is InChI=1S/C23H19Cl2F4N3O3/c1-22(2,13-6-5-12(21(34)35)10-16(13)26)30-20(33)18-17(31-32(3)19(18)23(27,28)29)9-11-4-7-14(24)15(25)8-11/h4-8,10H,9H2,1-3H3,(H,30,33)(H,34,35). The summed E-state index contributed by atoms with van der Waals surface area (Å²) in [7, 11) is 1.06. The van der Waals surface area contributed by atoms with Gasteiger partial charge < -0.3 is 10.4 Å². The van der Waals surface area contributed by atoms with Crippen molar-refractivity contribution < 1.29 is 32.3 Å². The smallest absolute Gasteiger partial charge is 0.433 e.